The van der Waals surface area contributed by atoms with Crippen molar-refractivity contribution in [1.82, 2.24) is 0 Å². The fourth-order valence-electron chi connectivity index (χ4n) is 2.34. The first-order valence-electron chi connectivity index (χ1n) is 6.64. The average Bonchev–Trinajstić information content (AvgIpc) is 2.47. The standard InChI is InChI=1S/C17H13FO3/c1-2-20-17(19)21-16-14-6-4-3-5-11(14)9-12-10-13(18)7-8-15(12)16/h3-10H,2H2,1H3. The van der Waals surface area contributed by atoms with Gasteiger partial charge in [-0.05, 0) is 42.0 Å². The number of benzene rings is 3. The van der Waals surface area contributed by atoms with Crippen LogP contribution in [0.2, 0.25) is 0 Å². The van der Waals surface area contributed by atoms with Crippen LogP contribution in [-0.2, 0) is 4.74 Å². The van der Waals surface area contributed by atoms with Gasteiger partial charge in [-0.2, -0.15) is 0 Å². The molecule has 0 radical (unpaired) electrons. The molecular weight excluding hydrogens is 271 g/mol. The van der Waals surface area contributed by atoms with E-state index in [0.717, 1.165) is 10.8 Å². The Hall–Kier alpha value is -2.62. The first-order valence-corrected chi connectivity index (χ1v) is 6.64. The Kier molecular flexibility index (Phi) is 3.44. The highest BCUT2D eigenvalue weighted by atomic mass is 19.1. The molecule has 0 atom stereocenters. The van der Waals surface area contributed by atoms with E-state index in [1.807, 2.05) is 30.3 Å². The molecule has 106 valence electrons. The van der Waals surface area contributed by atoms with Crippen molar-refractivity contribution >= 4 is 27.7 Å². The van der Waals surface area contributed by atoms with Gasteiger partial charge in [-0.25, -0.2) is 9.18 Å². The van der Waals surface area contributed by atoms with Crippen molar-refractivity contribution in [1.29, 1.82) is 0 Å². The summed E-state index contributed by atoms with van der Waals surface area (Å²) >= 11 is 0. The smallest absolute Gasteiger partial charge is 0.434 e. The van der Waals surface area contributed by atoms with Crippen LogP contribution in [0.4, 0.5) is 9.18 Å². The molecular formula is C17H13FO3. The van der Waals surface area contributed by atoms with E-state index in [-0.39, 0.29) is 12.4 Å². The number of hydrogen-bond acceptors (Lipinski definition) is 3. The summed E-state index contributed by atoms with van der Waals surface area (Å²) in [4.78, 5) is 11.6. The van der Waals surface area contributed by atoms with Gasteiger partial charge in [0.05, 0.1) is 6.61 Å². The van der Waals surface area contributed by atoms with Crippen molar-refractivity contribution in [2.24, 2.45) is 0 Å². The maximum atomic E-state index is 13.4. The molecule has 0 unspecified atom stereocenters. The normalized spacial score (nSPS) is 10.8. The van der Waals surface area contributed by atoms with Crippen molar-refractivity contribution in [3.8, 4) is 5.75 Å². The Labute approximate surface area is 120 Å². The average molecular weight is 284 g/mol. The topological polar surface area (TPSA) is 35.5 Å². The van der Waals surface area contributed by atoms with Crippen LogP contribution in [-0.4, -0.2) is 12.8 Å². The van der Waals surface area contributed by atoms with E-state index in [1.165, 1.54) is 12.1 Å². The molecule has 0 aliphatic carbocycles. The molecule has 3 aromatic carbocycles. The molecule has 0 heterocycles. The molecule has 0 bridgehead atoms. The number of carbonyl (C=O) groups excluding carboxylic acids is 1. The molecule has 4 heteroatoms. The van der Waals surface area contributed by atoms with Crippen LogP contribution in [0.5, 0.6) is 5.75 Å². The van der Waals surface area contributed by atoms with Crippen LogP contribution in [0.25, 0.3) is 21.5 Å². The van der Waals surface area contributed by atoms with Gasteiger partial charge < -0.3 is 9.47 Å². The van der Waals surface area contributed by atoms with E-state index >= 15 is 0 Å². The van der Waals surface area contributed by atoms with Gasteiger partial charge in [0, 0.05) is 10.8 Å². The van der Waals surface area contributed by atoms with E-state index in [2.05, 4.69) is 0 Å². The number of fused-ring (bicyclic) bond motifs is 2. The first-order chi connectivity index (χ1) is 10.2. The summed E-state index contributed by atoms with van der Waals surface area (Å²) in [7, 11) is 0. The largest absolute Gasteiger partial charge is 0.513 e. The quantitative estimate of drug-likeness (QED) is 0.390. The highest BCUT2D eigenvalue weighted by Gasteiger charge is 2.13. The van der Waals surface area contributed by atoms with Crippen LogP contribution in [0.15, 0.2) is 48.5 Å². The zero-order valence-electron chi connectivity index (χ0n) is 11.4. The van der Waals surface area contributed by atoms with Gasteiger partial charge in [-0.1, -0.05) is 24.3 Å². The van der Waals surface area contributed by atoms with E-state index in [1.54, 1.807) is 13.0 Å². The zero-order chi connectivity index (χ0) is 14.8. The minimum absolute atomic E-state index is 0.232. The lowest BCUT2D eigenvalue weighted by Gasteiger charge is -2.11. The number of rotatable bonds is 2. The third kappa shape index (κ3) is 2.52. The van der Waals surface area contributed by atoms with Crippen LogP contribution in [0.3, 0.4) is 0 Å². The van der Waals surface area contributed by atoms with E-state index in [0.29, 0.717) is 16.5 Å². The van der Waals surface area contributed by atoms with Crippen LogP contribution in [0.1, 0.15) is 6.92 Å². The van der Waals surface area contributed by atoms with Crippen molar-refractivity contribution in [3.05, 3.63) is 54.3 Å². The van der Waals surface area contributed by atoms with Crippen molar-refractivity contribution in [3.63, 3.8) is 0 Å². The molecule has 0 spiro atoms. The third-order valence-electron chi connectivity index (χ3n) is 3.22. The lowest BCUT2D eigenvalue weighted by Crippen LogP contribution is -2.10. The minimum atomic E-state index is -0.764. The minimum Gasteiger partial charge on any atom is -0.434 e. The molecule has 0 saturated heterocycles. The molecule has 0 fully saturated rings. The van der Waals surface area contributed by atoms with Gasteiger partial charge in [0.2, 0.25) is 0 Å². The van der Waals surface area contributed by atoms with Gasteiger partial charge in [-0.3, -0.25) is 0 Å². The fourth-order valence-corrected chi connectivity index (χ4v) is 2.34. The Bertz CT molecular complexity index is 827. The van der Waals surface area contributed by atoms with E-state index in [4.69, 9.17) is 9.47 Å². The summed E-state index contributed by atoms with van der Waals surface area (Å²) in [5.41, 5.74) is 0. The van der Waals surface area contributed by atoms with Gasteiger partial charge in [0.25, 0.3) is 0 Å². The summed E-state index contributed by atoms with van der Waals surface area (Å²) < 4.78 is 23.6. The number of ether oxygens (including phenoxy) is 2. The summed E-state index contributed by atoms with van der Waals surface area (Å²) in [6, 6.07) is 13.7. The third-order valence-corrected chi connectivity index (χ3v) is 3.22. The first kappa shape index (κ1) is 13.4. The predicted octanol–water partition coefficient (Wildman–Crippen LogP) is 4.67. The predicted molar refractivity (Wildman–Crippen MR) is 79.1 cm³/mol. The molecule has 0 saturated carbocycles. The second-order valence-corrected chi connectivity index (χ2v) is 4.58. The maximum absolute atomic E-state index is 13.4. The molecule has 0 aliphatic heterocycles. The van der Waals surface area contributed by atoms with E-state index < -0.39 is 6.16 Å². The Morgan fingerprint density at radius 1 is 1.05 bits per heavy atom. The molecule has 3 nitrogen and oxygen atoms in total. The monoisotopic (exact) mass is 284 g/mol. The summed E-state index contributed by atoms with van der Waals surface area (Å²) in [5, 5.41) is 3.00. The second kappa shape index (κ2) is 5.40. The summed E-state index contributed by atoms with van der Waals surface area (Å²) in [6.07, 6.45) is -0.764. The van der Waals surface area contributed by atoms with Crippen LogP contribution >= 0.6 is 0 Å². The SMILES string of the molecule is CCOC(=O)Oc1c2ccccc2cc2cc(F)ccc12. The van der Waals surface area contributed by atoms with Gasteiger partial charge in [0.15, 0.2) is 0 Å². The molecule has 3 aromatic rings. The second-order valence-electron chi connectivity index (χ2n) is 4.58. The van der Waals surface area contributed by atoms with Gasteiger partial charge in [-0.15, -0.1) is 0 Å². The van der Waals surface area contributed by atoms with E-state index in [9.17, 15) is 9.18 Å². The van der Waals surface area contributed by atoms with Crippen molar-refractivity contribution < 1.29 is 18.7 Å². The van der Waals surface area contributed by atoms with Crippen LogP contribution < -0.4 is 4.74 Å². The molecule has 21 heavy (non-hydrogen) atoms. The van der Waals surface area contributed by atoms with Gasteiger partial charge in [0.1, 0.15) is 11.6 Å². The van der Waals surface area contributed by atoms with Crippen molar-refractivity contribution in [2.75, 3.05) is 6.61 Å². The zero-order valence-corrected chi connectivity index (χ0v) is 11.4. The number of carbonyl (C=O) groups is 1. The lowest BCUT2D eigenvalue weighted by atomic mass is 10.0. The van der Waals surface area contributed by atoms with Gasteiger partial charge >= 0.3 is 6.16 Å². The molecule has 0 aromatic heterocycles. The number of hydrogen-bond donors (Lipinski definition) is 0. The molecule has 0 N–H and O–H groups in total. The molecule has 0 aliphatic rings. The van der Waals surface area contributed by atoms with Crippen LogP contribution in [0, 0.1) is 5.82 Å². The highest BCUT2D eigenvalue weighted by molar-refractivity contribution is 6.06. The lowest BCUT2D eigenvalue weighted by molar-refractivity contribution is 0.105. The Morgan fingerprint density at radius 3 is 2.62 bits per heavy atom. The summed E-state index contributed by atoms with van der Waals surface area (Å²) in [6.45, 7) is 1.94. The summed E-state index contributed by atoms with van der Waals surface area (Å²) in [5.74, 6) is 0.0569. The van der Waals surface area contributed by atoms with Crippen molar-refractivity contribution in [2.45, 2.75) is 6.92 Å². The Balaban J connectivity index is 2.27. The molecule has 3 rings (SSSR count). The highest BCUT2D eigenvalue weighted by Crippen LogP contribution is 2.35. The fraction of sp³-hybridized carbons (Fsp3) is 0.118. The number of halogens is 1. The molecule has 0 amide bonds. The Morgan fingerprint density at radius 2 is 1.81 bits per heavy atom. The maximum Gasteiger partial charge on any atom is 0.513 e.